The summed E-state index contributed by atoms with van der Waals surface area (Å²) in [6.07, 6.45) is 0. The molecule has 9 aromatic rings. The van der Waals surface area contributed by atoms with E-state index >= 15 is 0 Å². The van der Waals surface area contributed by atoms with Crippen LogP contribution in [0.5, 0.6) is 11.5 Å². The highest BCUT2D eigenvalue weighted by atomic mass is 16.3. The van der Waals surface area contributed by atoms with Gasteiger partial charge in [-0.15, -0.1) is 0 Å². The third-order valence-electron chi connectivity index (χ3n) is 9.33. The lowest BCUT2D eigenvalue weighted by Gasteiger charge is -2.12. The van der Waals surface area contributed by atoms with Crippen LogP contribution in [0, 0.1) is 0 Å². The molecule has 0 aliphatic carbocycles. The van der Waals surface area contributed by atoms with Crippen LogP contribution >= 0.6 is 0 Å². The lowest BCUT2D eigenvalue weighted by molar-refractivity contribution is 0.475. The molecule has 0 unspecified atom stereocenters. The molecule has 0 fully saturated rings. The summed E-state index contributed by atoms with van der Waals surface area (Å²) in [5, 5.41) is 26.2. The number of aromatic nitrogens is 2. The Bertz CT molecular complexity index is 2670. The molecule has 0 saturated carbocycles. The van der Waals surface area contributed by atoms with E-state index in [1.165, 1.54) is 10.8 Å². The Morgan fingerprint density at radius 2 is 1.11 bits per heavy atom. The van der Waals surface area contributed by atoms with E-state index < -0.39 is 0 Å². The van der Waals surface area contributed by atoms with Gasteiger partial charge in [-0.3, -0.25) is 0 Å². The van der Waals surface area contributed by atoms with E-state index in [9.17, 15) is 10.2 Å². The van der Waals surface area contributed by atoms with Crippen LogP contribution in [0.25, 0.3) is 77.2 Å². The largest absolute Gasteiger partial charge is 0.508 e. The lowest BCUT2D eigenvalue weighted by Crippen LogP contribution is -2.00. The van der Waals surface area contributed by atoms with Crippen molar-refractivity contribution in [3.05, 3.63) is 152 Å². The standard InChI is InChI=1S/C42H29BN2O2/c43-29-10-6-9-28(22-29)33-19-17-31(25-40(33)47)45-36-15-5-4-14-34(36)41-38(45)21-20-37-42(41)35-18-16-27(26-8-7-13-32(46)23-26)24-39(35)44(37)30-11-2-1-3-12-30/h1-25,46-47H,43H2. The highest BCUT2D eigenvalue weighted by molar-refractivity contribution is 6.32. The lowest BCUT2D eigenvalue weighted by atomic mass is 9.92. The highest BCUT2D eigenvalue weighted by Gasteiger charge is 2.21. The van der Waals surface area contributed by atoms with E-state index in [4.69, 9.17) is 0 Å². The van der Waals surface area contributed by atoms with Gasteiger partial charge in [0, 0.05) is 44.5 Å². The average molecular weight is 605 g/mol. The van der Waals surface area contributed by atoms with Crippen LogP contribution in [0.4, 0.5) is 0 Å². The van der Waals surface area contributed by atoms with Crippen molar-refractivity contribution in [3.63, 3.8) is 0 Å². The second kappa shape index (κ2) is 10.4. The van der Waals surface area contributed by atoms with Gasteiger partial charge in [-0.1, -0.05) is 90.4 Å². The molecule has 9 rings (SSSR count). The fraction of sp³-hybridized carbons (Fsp3) is 0. The molecule has 2 heterocycles. The summed E-state index contributed by atoms with van der Waals surface area (Å²) >= 11 is 0. The zero-order chi connectivity index (χ0) is 31.6. The van der Waals surface area contributed by atoms with Crippen LogP contribution < -0.4 is 5.46 Å². The van der Waals surface area contributed by atoms with Crippen molar-refractivity contribution in [2.24, 2.45) is 0 Å². The first-order valence-electron chi connectivity index (χ1n) is 15.8. The fourth-order valence-corrected chi connectivity index (χ4v) is 7.28. The first-order valence-corrected chi connectivity index (χ1v) is 15.8. The molecule has 2 N–H and O–H groups in total. The van der Waals surface area contributed by atoms with Gasteiger partial charge in [-0.2, -0.15) is 0 Å². The smallest absolute Gasteiger partial charge is 0.139 e. The van der Waals surface area contributed by atoms with E-state index in [0.29, 0.717) is 0 Å². The van der Waals surface area contributed by atoms with Gasteiger partial charge in [0.2, 0.25) is 0 Å². The minimum absolute atomic E-state index is 0.249. The monoisotopic (exact) mass is 604 g/mol. The molecule has 7 aromatic carbocycles. The predicted octanol–water partition coefficient (Wildman–Crippen LogP) is 8.88. The number of nitrogens with zero attached hydrogens (tertiary/aromatic N) is 2. The molecule has 0 aliphatic rings. The molecular formula is C42H29BN2O2. The molecule has 2 aromatic heterocycles. The van der Waals surface area contributed by atoms with E-state index in [2.05, 4.69) is 114 Å². The van der Waals surface area contributed by atoms with Crippen molar-refractivity contribution in [2.75, 3.05) is 0 Å². The first-order chi connectivity index (χ1) is 23.0. The number of hydrogen-bond acceptors (Lipinski definition) is 2. The molecular weight excluding hydrogens is 575 g/mol. The van der Waals surface area contributed by atoms with Gasteiger partial charge in [0.25, 0.3) is 0 Å². The van der Waals surface area contributed by atoms with E-state index in [0.717, 1.165) is 71.9 Å². The van der Waals surface area contributed by atoms with Gasteiger partial charge in [0.15, 0.2) is 0 Å². The Hall–Kier alpha value is -6.20. The molecule has 0 aliphatic heterocycles. The number of phenolic OH excluding ortho intramolecular Hbond substituents is 2. The number of rotatable bonds is 4. The summed E-state index contributed by atoms with van der Waals surface area (Å²) in [5.41, 5.74) is 11.3. The fourth-order valence-electron chi connectivity index (χ4n) is 7.28. The molecule has 0 atom stereocenters. The van der Waals surface area contributed by atoms with Crippen LogP contribution in [0.3, 0.4) is 0 Å². The number of benzene rings is 7. The molecule has 5 heteroatoms. The number of fused-ring (bicyclic) bond motifs is 7. The minimum atomic E-state index is 0.249. The summed E-state index contributed by atoms with van der Waals surface area (Å²) in [5.74, 6) is 0.499. The summed E-state index contributed by atoms with van der Waals surface area (Å²) in [4.78, 5) is 0. The second-order valence-electron chi connectivity index (χ2n) is 12.2. The average Bonchev–Trinajstić information content (AvgIpc) is 3.61. The quantitative estimate of drug-likeness (QED) is 0.197. The molecule has 0 amide bonds. The van der Waals surface area contributed by atoms with Crippen molar-refractivity contribution in [3.8, 4) is 45.1 Å². The minimum Gasteiger partial charge on any atom is -0.508 e. The van der Waals surface area contributed by atoms with Crippen molar-refractivity contribution < 1.29 is 10.2 Å². The van der Waals surface area contributed by atoms with Crippen molar-refractivity contribution >= 4 is 56.9 Å². The zero-order valence-electron chi connectivity index (χ0n) is 25.7. The van der Waals surface area contributed by atoms with Crippen LogP contribution in [0.15, 0.2) is 152 Å². The Kier molecular flexibility index (Phi) is 6.02. The summed E-state index contributed by atoms with van der Waals surface area (Å²) in [6, 6.07) is 51.6. The van der Waals surface area contributed by atoms with Gasteiger partial charge in [-0.05, 0) is 77.4 Å². The number of hydrogen-bond donors (Lipinski definition) is 2. The summed E-state index contributed by atoms with van der Waals surface area (Å²) in [7, 11) is 2.07. The third-order valence-corrected chi connectivity index (χ3v) is 9.33. The van der Waals surface area contributed by atoms with Gasteiger partial charge >= 0.3 is 0 Å². The number of phenols is 2. The van der Waals surface area contributed by atoms with E-state index in [1.54, 1.807) is 6.07 Å². The maximum atomic E-state index is 11.3. The molecule has 4 nitrogen and oxygen atoms in total. The Labute approximate surface area is 272 Å². The topological polar surface area (TPSA) is 50.3 Å². The van der Waals surface area contributed by atoms with Crippen molar-refractivity contribution in [1.29, 1.82) is 0 Å². The highest BCUT2D eigenvalue weighted by Crippen LogP contribution is 2.44. The normalized spacial score (nSPS) is 11.7. The van der Waals surface area contributed by atoms with Crippen molar-refractivity contribution in [2.45, 2.75) is 0 Å². The Morgan fingerprint density at radius 1 is 0.426 bits per heavy atom. The summed E-state index contributed by atoms with van der Waals surface area (Å²) in [6.45, 7) is 0. The molecule has 222 valence electrons. The SMILES string of the molecule is Bc1cccc(-c2ccc(-n3c4ccccc4c4c5c6ccc(-c7cccc(O)c7)cc6n(-c6ccccc6)c5ccc43)cc2O)c1. The van der Waals surface area contributed by atoms with E-state index in [1.807, 2.05) is 48.5 Å². The molecule has 0 spiro atoms. The van der Waals surface area contributed by atoms with Gasteiger partial charge < -0.3 is 19.3 Å². The number of para-hydroxylation sites is 2. The predicted molar refractivity (Wildman–Crippen MR) is 197 cm³/mol. The maximum absolute atomic E-state index is 11.3. The van der Waals surface area contributed by atoms with Crippen LogP contribution in [0.1, 0.15) is 0 Å². The molecule has 0 radical (unpaired) electrons. The molecule has 0 saturated heterocycles. The molecule has 0 bridgehead atoms. The molecule has 47 heavy (non-hydrogen) atoms. The van der Waals surface area contributed by atoms with Crippen LogP contribution in [-0.4, -0.2) is 27.2 Å². The van der Waals surface area contributed by atoms with Crippen LogP contribution in [0.2, 0.25) is 0 Å². The Morgan fingerprint density at radius 3 is 1.87 bits per heavy atom. The maximum Gasteiger partial charge on any atom is 0.139 e. The zero-order valence-corrected chi connectivity index (χ0v) is 25.7. The Balaban J connectivity index is 1.35. The van der Waals surface area contributed by atoms with Crippen LogP contribution in [-0.2, 0) is 0 Å². The van der Waals surface area contributed by atoms with Crippen molar-refractivity contribution in [1.82, 2.24) is 9.13 Å². The first kappa shape index (κ1) is 27.1. The summed E-state index contributed by atoms with van der Waals surface area (Å²) < 4.78 is 4.60. The van der Waals surface area contributed by atoms with Gasteiger partial charge in [0.05, 0.1) is 22.1 Å². The van der Waals surface area contributed by atoms with E-state index in [-0.39, 0.29) is 11.5 Å². The number of aromatic hydroxyl groups is 2. The second-order valence-corrected chi connectivity index (χ2v) is 12.2. The van der Waals surface area contributed by atoms with Gasteiger partial charge in [0.1, 0.15) is 19.3 Å². The third kappa shape index (κ3) is 4.24. The van der Waals surface area contributed by atoms with Gasteiger partial charge in [-0.25, -0.2) is 0 Å².